The van der Waals surface area contributed by atoms with E-state index in [2.05, 4.69) is 15.6 Å². The highest BCUT2D eigenvalue weighted by atomic mass is 35.5. The molecule has 0 radical (unpaired) electrons. The van der Waals surface area contributed by atoms with Gasteiger partial charge in [0.1, 0.15) is 5.69 Å². The van der Waals surface area contributed by atoms with Crippen LogP contribution >= 0.6 is 22.9 Å². The maximum absolute atomic E-state index is 12.9. The lowest BCUT2D eigenvalue weighted by Crippen LogP contribution is -2.43. The van der Waals surface area contributed by atoms with Crippen LogP contribution in [0.1, 0.15) is 41.9 Å². The molecule has 4 rings (SSSR count). The van der Waals surface area contributed by atoms with Gasteiger partial charge in [0.15, 0.2) is 5.13 Å². The summed E-state index contributed by atoms with van der Waals surface area (Å²) in [5.74, 6) is -0.142. The van der Waals surface area contributed by atoms with Crippen LogP contribution in [0.25, 0.3) is 0 Å². The minimum atomic E-state index is -0.107. The van der Waals surface area contributed by atoms with Crippen LogP contribution in [0.4, 0.5) is 10.8 Å². The fourth-order valence-corrected chi connectivity index (χ4v) is 4.65. The van der Waals surface area contributed by atoms with Crippen molar-refractivity contribution in [3.05, 3.63) is 76.3 Å². The highest BCUT2D eigenvalue weighted by Gasteiger charge is 2.29. The smallest absolute Gasteiger partial charge is 0.273 e. The van der Waals surface area contributed by atoms with Crippen molar-refractivity contribution in [1.29, 1.82) is 0 Å². The Morgan fingerprint density at radius 1 is 1.09 bits per heavy atom. The molecule has 2 heterocycles. The molecule has 1 fully saturated rings. The fourth-order valence-electron chi connectivity index (χ4n) is 3.77. The highest BCUT2D eigenvalue weighted by Crippen LogP contribution is 2.28. The lowest BCUT2D eigenvalue weighted by Gasteiger charge is -2.31. The fraction of sp³-hybridized carbons (Fsp3) is 0.292. The van der Waals surface area contributed by atoms with Gasteiger partial charge in [-0.05, 0) is 37.5 Å². The van der Waals surface area contributed by atoms with Crippen molar-refractivity contribution < 1.29 is 9.59 Å². The number of piperidine rings is 1. The van der Waals surface area contributed by atoms with E-state index in [0.717, 1.165) is 11.3 Å². The number of nitrogens with zero attached hydrogens (tertiary/aromatic N) is 2. The number of anilines is 2. The van der Waals surface area contributed by atoms with Gasteiger partial charge in [0.05, 0.1) is 16.8 Å². The molecule has 1 aromatic heterocycles. The summed E-state index contributed by atoms with van der Waals surface area (Å²) in [5.41, 5.74) is 2.24. The number of thiazole rings is 1. The molecule has 2 N–H and O–H groups in total. The number of aromatic nitrogens is 1. The van der Waals surface area contributed by atoms with Crippen molar-refractivity contribution in [2.45, 2.75) is 25.8 Å². The molecule has 8 heteroatoms. The van der Waals surface area contributed by atoms with E-state index in [9.17, 15) is 9.59 Å². The van der Waals surface area contributed by atoms with Crippen LogP contribution in [-0.4, -0.2) is 34.8 Å². The van der Waals surface area contributed by atoms with E-state index >= 15 is 0 Å². The number of likely N-dealkylation sites (tertiary alicyclic amines) is 1. The number of carbonyl (C=O) groups excluding carboxylic acids is 2. The minimum absolute atomic E-state index is 0.0394. The Morgan fingerprint density at radius 2 is 1.78 bits per heavy atom. The second-order valence-corrected chi connectivity index (χ2v) is 9.12. The molecule has 3 aromatic rings. The van der Waals surface area contributed by atoms with Crippen molar-refractivity contribution in [1.82, 2.24) is 15.2 Å². The Morgan fingerprint density at radius 3 is 2.50 bits per heavy atom. The van der Waals surface area contributed by atoms with Crippen LogP contribution in [0, 0.1) is 5.92 Å². The zero-order valence-electron chi connectivity index (χ0n) is 17.8. The van der Waals surface area contributed by atoms with Crippen molar-refractivity contribution in [3.8, 4) is 0 Å². The van der Waals surface area contributed by atoms with Gasteiger partial charge in [0, 0.05) is 24.4 Å². The first-order valence-electron chi connectivity index (χ1n) is 10.6. The molecule has 166 valence electrons. The largest absolute Gasteiger partial charge is 0.349 e. The molecule has 1 atom stereocenters. The molecule has 0 bridgehead atoms. The highest BCUT2D eigenvalue weighted by molar-refractivity contribution is 7.14. The van der Waals surface area contributed by atoms with Gasteiger partial charge in [-0.2, -0.15) is 0 Å². The number of carbonyl (C=O) groups is 2. The molecule has 2 amide bonds. The first-order chi connectivity index (χ1) is 15.5. The number of halogens is 1. The molecular weight excluding hydrogens is 444 g/mol. The van der Waals surface area contributed by atoms with E-state index in [1.54, 1.807) is 16.3 Å². The number of hydrogen-bond donors (Lipinski definition) is 2. The Hall–Kier alpha value is -2.90. The summed E-state index contributed by atoms with van der Waals surface area (Å²) in [6, 6.07) is 17.3. The van der Waals surface area contributed by atoms with Gasteiger partial charge < -0.3 is 15.5 Å². The number of para-hydroxylation sites is 1. The average Bonchev–Trinajstić information content (AvgIpc) is 3.29. The summed E-state index contributed by atoms with van der Waals surface area (Å²) in [7, 11) is 0. The number of rotatable bonds is 6. The van der Waals surface area contributed by atoms with Crippen molar-refractivity contribution >= 4 is 45.6 Å². The summed E-state index contributed by atoms with van der Waals surface area (Å²) in [5, 5.41) is 9.22. The van der Waals surface area contributed by atoms with Crippen LogP contribution in [0.3, 0.4) is 0 Å². The predicted molar refractivity (Wildman–Crippen MR) is 128 cm³/mol. The Labute approximate surface area is 196 Å². The zero-order chi connectivity index (χ0) is 22.5. The van der Waals surface area contributed by atoms with Crippen molar-refractivity contribution in [2.24, 2.45) is 5.92 Å². The van der Waals surface area contributed by atoms with Crippen LogP contribution in [0.2, 0.25) is 5.02 Å². The molecule has 32 heavy (non-hydrogen) atoms. The molecule has 2 aromatic carbocycles. The van der Waals surface area contributed by atoms with Gasteiger partial charge >= 0.3 is 0 Å². The van der Waals surface area contributed by atoms with Crippen molar-refractivity contribution in [2.75, 3.05) is 18.4 Å². The number of hydrogen-bond acceptors (Lipinski definition) is 5. The summed E-state index contributed by atoms with van der Waals surface area (Å²) >= 11 is 7.54. The van der Waals surface area contributed by atoms with Crippen LogP contribution in [-0.2, 0) is 4.79 Å². The first kappa shape index (κ1) is 22.3. The number of nitrogens with one attached hydrogen (secondary N) is 2. The molecular formula is C24H25ClN4O2S. The third kappa shape index (κ3) is 5.29. The second kappa shape index (κ2) is 10.1. The molecule has 0 saturated carbocycles. The monoisotopic (exact) mass is 468 g/mol. The molecule has 1 aliphatic rings. The van der Waals surface area contributed by atoms with Gasteiger partial charge in [-0.1, -0.05) is 54.1 Å². The van der Waals surface area contributed by atoms with Crippen molar-refractivity contribution in [3.63, 3.8) is 0 Å². The maximum Gasteiger partial charge on any atom is 0.273 e. The number of benzene rings is 2. The third-order valence-electron chi connectivity index (χ3n) is 5.65. The second-order valence-electron chi connectivity index (χ2n) is 7.85. The van der Waals surface area contributed by atoms with Crippen LogP contribution in [0.15, 0.2) is 60.0 Å². The minimum Gasteiger partial charge on any atom is -0.349 e. The molecule has 0 aliphatic carbocycles. The summed E-state index contributed by atoms with van der Waals surface area (Å²) < 4.78 is 0. The summed E-state index contributed by atoms with van der Waals surface area (Å²) in [6.07, 6.45) is 1.29. The Balaban J connectivity index is 1.29. The van der Waals surface area contributed by atoms with Gasteiger partial charge in [0.2, 0.25) is 5.91 Å². The molecule has 0 spiro atoms. The van der Waals surface area contributed by atoms with E-state index in [1.165, 1.54) is 11.3 Å². The average molecular weight is 469 g/mol. The van der Waals surface area contributed by atoms with E-state index in [-0.39, 0.29) is 23.8 Å². The lowest BCUT2D eigenvalue weighted by molar-refractivity contribution is -0.127. The van der Waals surface area contributed by atoms with E-state index in [1.807, 2.05) is 55.5 Å². The third-order valence-corrected chi connectivity index (χ3v) is 6.74. The Kier molecular flexibility index (Phi) is 7.07. The topological polar surface area (TPSA) is 74.3 Å². The quantitative estimate of drug-likeness (QED) is 0.516. The van der Waals surface area contributed by atoms with Crippen LogP contribution < -0.4 is 10.6 Å². The lowest BCUT2D eigenvalue weighted by atomic mass is 9.95. The summed E-state index contributed by atoms with van der Waals surface area (Å²) in [6.45, 7) is 3.07. The van der Waals surface area contributed by atoms with Crippen LogP contribution in [0.5, 0.6) is 0 Å². The van der Waals surface area contributed by atoms with Gasteiger partial charge in [-0.15, -0.1) is 11.3 Å². The van der Waals surface area contributed by atoms with E-state index in [0.29, 0.717) is 41.8 Å². The standard InChI is InChI=1S/C24H25ClN4O2S/c1-16(17-7-3-2-4-8-17)26-22(30)18-11-13-29(14-12-18)23(31)21-15-32-24(28-21)27-20-10-6-5-9-19(20)25/h2-10,15-16,18H,11-14H2,1H3,(H,26,30)(H,27,28)/t16-/m1/s1. The number of amides is 2. The van der Waals surface area contributed by atoms with Gasteiger partial charge in [0.25, 0.3) is 5.91 Å². The predicted octanol–water partition coefficient (Wildman–Crippen LogP) is 5.27. The van der Waals surface area contributed by atoms with Gasteiger partial charge in [-0.25, -0.2) is 4.98 Å². The van der Waals surface area contributed by atoms with Gasteiger partial charge in [-0.3, -0.25) is 9.59 Å². The molecule has 0 unspecified atom stereocenters. The molecule has 1 aliphatic heterocycles. The maximum atomic E-state index is 12.9. The molecule has 1 saturated heterocycles. The SMILES string of the molecule is C[C@@H](NC(=O)C1CCN(C(=O)c2csc(Nc3ccccc3Cl)n2)CC1)c1ccccc1. The normalized spacial score (nSPS) is 15.2. The Bertz CT molecular complexity index is 1080. The zero-order valence-corrected chi connectivity index (χ0v) is 19.3. The first-order valence-corrected chi connectivity index (χ1v) is 11.9. The van der Waals surface area contributed by atoms with E-state index < -0.39 is 0 Å². The summed E-state index contributed by atoms with van der Waals surface area (Å²) in [4.78, 5) is 31.8. The molecule has 6 nitrogen and oxygen atoms in total. The van der Waals surface area contributed by atoms with E-state index in [4.69, 9.17) is 11.6 Å².